The number of guanidine groups is 1. The van der Waals surface area contributed by atoms with Gasteiger partial charge in [-0.1, -0.05) is 12.1 Å². The fourth-order valence-electron chi connectivity index (χ4n) is 2.68. The second kappa shape index (κ2) is 9.83. The summed E-state index contributed by atoms with van der Waals surface area (Å²) in [4.78, 5) is 6.63. The number of ether oxygens (including phenoxy) is 2. The molecule has 6 heteroatoms. The topological polar surface area (TPSA) is 72.1 Å². The van der Waals surface area contributed by atoms with Crippen molar-refractivity contribution in [2.45, 2.75) is 26.0 Å². The second-order valence-corrected chi connectivity index (χ2v) is 6.80. The van der Waals surface area contributed by atoms with Crippen molar-refractivity contribution in [1.29, 1.82) is 0 Å². The summed E-state index contributed by atoms with van der Waals surface area (Å²) in [5.41, 5.74) is 8.07. The van der Waals surface area contributed by atoms with Crippen molar-refractivity contribution in [2.24, 2.45) is 10.7 Å². The summed E-state index contributed by atoms with van der Waals surface area (Å²) in [5.74, 6) is 2.04. The molecule has 0 saturated carbocycles. The molecule has 0 spiro atoms. The van der Waals surface area contributed by atoms with Crippen LogP contribution in [-0.2, 0) is 0 Å². The van der Waals surface area contributed by atoms with Crippen molar-refractivity contribution >= 4 is 11.6 Å². The van der Waals surface area contributed by atoms with Gasteiger partial charge in [0.15, 0.2) is 5.96 Å². The largest absolute Gasteiger partial charge is 0.497 e. The van der Waals surface area contributed by atoms with Gasteiger partial charge in [0.1, 0.15) is 11.5 Å². The zero-order valence-corrected chi connectivity index (χ0v) is 16.8. The molecule has 3 N–H and O–H groups in total. The summed E-state index contributed by atoms with van der Waals surface area (Å²) in [7, 11) is 5.72. The summed E-state index contributed by atoms with van der Waals surface area (Å²) in [6, 6.07) is 15.8. The lowest BCUT2D eigenvalue weighted by molar-refractivity contribution is 0.242. The minimum Gasteiger partial charge on any atom is -0.497 e. The molecule has 0 aliphatic heterocycles. The van der Waals surface area contributed by atoms with E-state index in [0.717, 1.165) is 22.7 Å². The van der Waals surface area contributed by atoms with Gasteiger partial charge in [0, 0.05) is 5.69 Å². The number of nitrogens with one attached hydrogen (secondary N) is 1. The third kappa shape index (κ3) is 6.49. The van der Waals surface area contributed by atoms with Crippen LogP contribution in [0.2, 0.25) is 0 Å². The van der Waals surface area contributed by atoms with Crippen LogP contribution in [0.4, 0.5) is 5.69 Å². The Hall–Kier alpha value is -2.73. The number of hydrogen-bond acceptors (Lipinski definition) is 4. The van der Waals surface area contributed by atoms with E-state index in [9.17, 15) is 0 Å². The third-order valence-electron chi connectivity index (χ3n) is 4.03. The standard InChI is InChI=1S/C21H30N4O2/c1-15(2)27-18-11-9-17(10-12-18)24-21(22)23-14-20(25(3)4)16-7-6-8-19(13-16)26-5/h6-13,15,20H,14H2,1-5H3,(H3,22,23,24). The van der Waals surface area contributed by atoms with E-state index in [1.165, 1.54) is 0 Å². The number of aliphatic imine (C=N–C) groups is 1. The number of anilines is 1. The van der Waals surface area contributed by atoms with Crippen LogP contribution in [0.5, 0.6) is 11.5 Å². The Kier molecular flexibility index (Phi) is 7.49. The lowest BCUT2D eigenvalue weighted by Gasteiger charge is -2.23. The van der Waals surface area contributed by atoms with Crippen LogP contribution < -0.4 is 20.5 Å². The maximum atomic E-state index is 6.07. The van der Waals surface area contributed by atoms with Crippen molar-refractivity contribution in [1.82, 2.24) is 4.90 Å². The van der Waals surface area contributed by atoms with E-state index >= 15 is 0 Å². The molecule has 1 atom stereocenters. The van der Waals surface area contributed by atoms with Crippen LogP contribution in [0, 0.1) is 0 Å². The van der Waals surface area contributed by atoms with Gasteiger partial charge in [0.05, 0.1) is 25.8 Å². The van der Waals surface area contributed by atoms with E-state index in [-0.39, 0.29) is 12.1 Å². The van der Waals surface area contributed by atoms with E-state index in [1.807, 2.05) is 70.4 Å². The maximum Gasteiger partial charge on any atom is 0.193 e. The summed E-state index contributed by atoms with van der Waals surface area (Å²) in [6.45, 7) is 4.54. The predicted molar refractivity (Wildman–Crippen MR) is 112 cm³/mol. The van der Waals surface area contributed by atoms with E-state index < -0.39 is 0 Å². The summed E-state index contributed by atoms with van der Waals surface area (Å²) in [6.07, 6.45) is 0.148. The highest BCUT2D eigenvalue weighted by Crippen LogP contribution is 2.23. The summed E-state index contributed by atoms with van der Waals surface area (Å²) < 4.78 is 11.0. The predicted octanol–water partition coefficient (Wildman–Crippen LogP) is 3.51. The Morgan fingerprint density at radius 1 is 1.11 bits per heavy atom. The highest BCUT2D eigenvalue weighted by atomic mass is 16.5. The Morgan fingerprint density at radius 2 is 1.81 bits per heavy atom. The van der Waals surface area contributed by atoms with Crippen molar-refractivity contribution < 1.29 is 9.47 Å². The number of nitrogens with two attached hydrogens (primary N) is 1. The molecular weight excluding hydrogens is 340 g/mol. The molecule has 1 unspecified atom stereocenters. The Morgan fingerprint density at radius 3 is 2.41 bits per heavy atom. The second-order valence-electron chi connectivity index (χ2n) is 6.80. The molecule has 0 saturated heterocycles. The van der Waals surface area contributed by atoms with Crippen LogP contribution in [-0.4, -0.2) is 44.7 Å². The highest BCUT2D eigenvalue weighted by Gasteiger charge is 2.14. The summed E-state index contributed by atoms with van der Waals surface area (Å²) >= 11 is 0. The van der Waals surface area contributed by atoms with Gasteiger partial charge in [0.25, 0.3) is 0 Å². The Labute approximate surface area is 162 Å². The van der Waals surface area contributed by atoms with Gasteiger partial charge in [0.2, 0.25) is 0 Å². The van der Waals surface area contributed by atoms with Crippen molar-refractivity contribution in [3.63, 3.8) is 0 Å². The molecule has 0 amide bonds. The normalized spacial score (nSPS) is 12.9. The molecule has 0 fully saturated rings. The van der Waals surface area contributed by atoms with Crippen molar-refractivity contribution in [2.75, 3.05) is 33.1 Å². The zero-order valence-electron chi connectivity index (χ0n) is 16.8. The molecule has 0 aromatic heterocycles. The van der Waals surface area contributed by atoms with Gasteiger partial charge in [-0.15, -0.1) is 0 Å². The molecule has 146 valence electrons. The maximum absolute atomic E-state index is 6.07. The third-order valence-corrected chi connectivity index (χ3v) is 4.03. The van der Waals surface area contributed by atoms with E-state index in [1.54, 1.807) is 7.11 Å². The lowest BCUT2D eigenvalue weighted by Crippen LogP contribution is -2.27. The molecule has 2 aromatic carbocycles. The molecule has 0 aliphatic rings. The van der Waals surface area contributed by atoms with E-state index in [4.69, 9.17) is 15.2 Å². The molecule has 2 aromatic rings. The first kappa shape index (κ1) is 20.6. The van der Waals surface area contributed by atoms with Crippen molar-refractivity contribution in [3.05, 3.63) is 54.1 Å². The van der Waals surface area contributed by atoms with Gasteiger partial charge in [-0.25, -0.2) is 0 Å². The van der Waals surface area contributed by atoms with Crippen LogP contribution in [0.15, 0.2) is 53.5 Å². The first-order valence-electron chi connectivity index (χ1n) is 9.03. The zero-order chi connectivity index (χ0) is 19.8. The fourth-order valence-corrected chi connectivity index (χ4v) is 2.68. The van der Waals surface area contributed by atoms with Crippen LogP contribution >= 0.6 is 0 Å². The molecular formula is C21H30N4O2. The Bertz CT molecular complexity index is 742. The minimum absolute atomic E-state index is 0.0993. The number of likely N-dealkylation sites (N-methyl/N-ethyl adjacent to an activating group) is 1. The average molecular weight is 370 g/mol. The van der Waals surface area contributed by atoms with Crippen LogP contribution in [0.3, 0.4) is 0 Å². The first-order chi connectivity index (χ1) is 12.9. The smallest absolute Gasteiger partial charge is 0.193 e. The number of rotatable bonds is 8. The fraction of sp³-hybridized carbons (Fsp3) is 0.381. The number of hydrogen-bond donors (Lipinski definition) is 2. The van der Waals surface area contributed by atoms with Gasteiger partial charge in [-0.2, -0.15) is 0 Å². The molecule has 0 heterocycles. The lowest BCUT2D eigenvalue weighted by atomic mass is 10.1. The molecule has 6 nitrogen and oxygen atoms in total. The minimum atomic E-state index is 0.0993. The molecule has 2 rings (SSSR count). The molecule has 0 radical (unpaired) electrons. The Balaban J connectivity index is 2.03. The highest BCUT2D eigenvalue weighted by molar-refractivity contribution is 5.92. The first-order valence-corrected chi connectivity index (χ1v) is 9.03. The molecule has 0 aliphatic carbocycles. The van der Waals surface area contributed by atoms with Crippen LogP contribution in [0.25, 0.3) is 0 Å². The quantitative estimate of drug-likeness (QED) is 0.549. The van der Waals surface area contributed by atoms with Gasteiger partial charge in [-0.3, -0.25) is 4.99 Å². The number of methoxy groups -OCH3 is 1. The monoisotopic (exact) mass is 370 g/mol. The number of nitrogens with zero attached hydrogens (tertiary/aromatic N) is 2. The van der Waals surface area contributed by atoms with E-state index in [2.05, 4.69) is 21.3 Å². The SMILES string of the molecule is COc1cccc(C(CN=C(N)Nc2ccc(OC(C)C)cc2)N(C)C)c1. The molecule has 0 bridgehead atoms. The summed E-state index contributed by atoms with van der Waals surface area (Å²) in [5, 5.41) is 3.12. The van der Waals surface area contributed by atoms with Crippen LogP contribution in [0.1, 0.15) is 25.5 Å². The average Bonchev–Trinajstić information content (AvgIpc) is 2.63. The van der Waals surface area contributed by atoms with Gasteiger partial charge in [-0.05, 0) is 69.9 Å². The van der Waals surface area contributed by atoms with E-state index in [0.29, 0.717) is 12.5 Å². The van der Waals surface area contributed by atoms with Gasteiger partial charge < -0.3 is 25.4 Å². The van der Waals surface area contributed by atoms with Gasteiger partial charge >= 0.3 is 0 Å². The molecule has 27 heavy (non-hydrogen) atoms. The van der Waals surface area contributed by atoms with Crippen molar-refractivity contribution in [3.8, 4) is 11.5 Å². The number of benzene rings is 2.